The summed E-state index contributed by atoms with van der Waals surface area (Å²) in [5, 5.41) is 0. The van der Waals surface area contributed by atoms with Crippen molar-refractivity contribution in [1.29, 1.82) is 0 Å². The van der Waals surface area contributed by atoms with Gasteiger partial charge in [0.25, 0.3) is 5.91 Å². The fraction of sp³-hybridized carbons (Fsp3) is 0.400. The van der Waals surface area contributed by atoms with E-state index in [2.05, 4.69) is 23.8 Å². The molecule has 3 rings (SSSR count). The molecule has 0 fully saturated rings. The Labute approximate surface area is 127 Å². The van der Waals surface area contributed by atoms with Gasteiger partial charge in [0.2, 0.25) is 0 Å². The lowest BCUT2D eigenvalue weighted by Gasteiger charge is -2.29. The Bertz CT molecular complexity index is 680. The minimum Gasteiger partial charge on any atom is -0.383 e. The first-order valence-electron chi connectivity index (χ1n) is 7.02. The van der Waals surface area contributed by atoms with E-state index in [1.165, 1.54) is 16.9 Å². The Morgan fingerprint density at radius 1 is 1.43 bits per heavy atom. The summed E-state index contributed by atoms with van der Waals surface area (Å²) in [6, 6.07) is 1.99. The van der Waals surface area contributed by atoms with Crippen LogP contribution in [0.25, 0.3) is 0 Å². The minimum atomic E-state index is 0.0510. The lowest BCUT2D eigenvalue weighted by Crippen LogP contribution is -2.36. The maximum atomic E-state index is 12.7. The zero-order chi connectivity index (χ0) is 15.0. The molecule has 110 valence electrons. The number of amides is 1. The number of nitrogens with two attached hydrogens (primary N) is 1. The van der Waals surface area contributed by atoms with Crippen LogP contribution in [-0.4, -0.2) is 27.3 Å². The third-order valence-corrected chi connectivity index (χ3v) is 4.64. The predicted molar refractivity (Wildman–Crippen MR) is 83.3 cm³/mol. The van der Waals surface area contributed by atoms with Crippen LogP contribution in [0.4, 0.5) is 5.82 Å². The van der Waals surface area contributed by atoms with Crippen molar-refractivity contribution in [3.63, 3.8) is 0 Å². The molecular weight excluding hydrogens is 284 g/mol. The molecule has 1 aliphatic heterocycles. The SMILES string of the molecule is CC(C)c1ncsc1C(=O)N1CCc2ccnc(N)c2C1. The van der Waals surface area contributed by atoms with Crippen molar-refractivity contribution in [3.8, 4) is 0 Å². The van der Waals surface area contributed by atoms with Gasteiger partial charge in [-0.25, -0.2) is 9.97 Å². The molecule has 21 heavy (non-hydrogen) atoms. The molecule has 0 aliphatic carbocycles. The highest BCUT2D eigenvalue weighted by Gasteiger charge is 2.27. The maximum Gasteiger partial charge on any atom is 0.266 e. The Balaban J connectivity index is 1.87. The van der Waals surface area contributed by atoms with E-state index in [-0.39, 0.29) is 11.8 Å². The number of hydrogen-bond donors (Lipinski definition) is 1. The molecule has 0 bridgehead atoms. The average molecular weight is 302 g/mol. The van der Waals surface area contributed by atoms with Gasteiger partial charge >= 0.3 is 0 Å². The van der Waals surface area contributed by atoms with Crippen LogP contribution in [0.3, 0.4) is 0 Å². The van der Waals surface area contributed by atoms with Crippen LogP contribution >= 0.6 is 11.3 Å². The van der Waals surface area contributed by atoms with Crippen LogP contribution in [0.15, 0.2) is 17.8 Å². The fourth-order valence-corrected chi connectivity index (χ4v) is 3.55. The Morgan fingerprint density at radius 2 is 2.24 bits per heavy atom. The standard InChI is InChI=1S/C15H18N4OS/c1-9(2)12-13(21-8-18-12)15(20)19-6-4-10-3-5-17-14(16)11(10)7-19/h3,5,8-9H,4,6-7H2,1-2H3,(H2,16,17). The monoisotopic (exact) mass is 302 g/mol. The summed E-state index contributed by atoms with van der Waals surface area (Å²) in [6.07, 6.45) is 2.55. The number of thiazole rings is 1. The lowest BCUT2D eigenvalue weighted by molar-refractivity contribution is 0.0738. The van der Waals surface area contributed by atoms with Crippen molar-refractivity contribution < 1.29 is 4.79 Å². The molecule has 6 heteroatoms. The molecule has 0 unspecified atom stereocenters. The van der Waals surface area contributed by atoms with Crippen molar-refractivity contribution in [2.45, 2.75) is 32.7 Å². The number of anilines is 1. The van der Waals surface area contributed by atoms with E-state index >= 15 is 0 Å². The zero-order valence-electron chi connectivity index (χ0n) is 12.2. The molecule has 1 aliphatic rings. The number of rotatable bonds is 2. The number of pyridine rings is 1. The molecule has 0 radical (unpaired) electrons. The number of aromatic nitrogens is 2. The van der Waals surface area contributed by atoms with Gasteiger partial charge in [0, 0.05) is 24.8 Å². The van der Waals surface area contributed by atoms with Gasteiger partial charge in [0.05, 0.1) is 11.2 Å². The van der Waals surface area contributed by atoms with E-state index in [9.17, 15) is 4.79 Å². The zero-order valence-corrected chi connectivity index (χ0v) is 13.0. The smallest absolute Gasteiger partial charge is 0.266 e. The molecular formula is C15H18N4OS. The summed E-state index contributed by atoms with van der Waals surface area (Å²) >= 11 is 1.42. The van der Waals surface area contributed by atoms with E-state index in [0.717, 1.165) is 22.6 Å². The fourth-order valence-electron chi connectivity index (χ4n) is 2.64. The van der Waals surface area contributed by atoms with Crippen molar-refractivity contribution in [3.05, 3.63) is 39.5 Å². The normalized spacial score (nSPS) is 14.3. The number of nitrogen functional groups attached to an aromatic ring is 1. The second-order valence-electron chi connectivity index (χ2n) is 5.53. The highest BCUT2D eigenvalue weighted by Crippen LogP contribution is 2.27. The first-order valence-corrected chi connectivity index (χ1v) is 7.90. The van der Waals surface area contributed by atoms with Crippen molar-refractivity contribution >= 4 is 23.1 Å². The third-order valence-electron chi connectivity index (χ3n) is 3.81. The van der Waals surface area contributed by atoms with Crippen LogP contribution in [0, 0.1) is 0 Å². The number of carbonyl (C=O) groups is 1. The van der Waals surface area contributed by atoms with Gasteiger partial charge in [0.1, 0.15) is 10.7 Å². The molecule has 0 atom stereocenters. The third kappa shape index (κ3) is 2.51. The number of fused-ring (bicyclic) bond motifs is 1. The average Bonchev–Trinajstić information content (AvgIpc) is 2.96. The summed E-state index contributed by atoms with van der Waals surface area (Å²) in [6.45, 7) is 5.35. The first kappa shape index (κ1) is 14.0. The van der Waals surface area contributed by atoms with Gasteiger partial charge in [-0.1, -0.05) is 13.8 Å². The predicted octanol–water partition coefficient (Wildman–Crippen LogP) is 2.44. The molecule has 1 amide bonds. The van der Waals surface area contributed by atoms with Crippen LogP contribution < -0.4 is 5.73 Å². The Hall–Kier alpha value is -1.95. The second-order valence-corrected chi connectivity index (χ2v) is 6.39. The van der Waals surface area contributed by atoms with Gasteiger partial charge in [-0.2, -0.15) is 0 Å². The highest BCUT2D eigenvalue weighted by atomic mass is 32.1. The molecule has 2 aromatic heterocycles. The van der Waals surface area contributed by atoms with E-state index in [4.69, 9.17) is 5.73 Å². The van der Waals surface area contributed by atoms with E-state index in [0.29, 0.717) is 18.9 Å². The Morgan fingerprint density at radius 3 is 3.00 bits per heavy atom. The van der Waals surface area contributed by atoms with E-state index < -0.39 is 0 Å². The first-order chi connectivity index (χ1) is 10.1. The van der Waals surface area contributed by atoms with Gasteiger partial charge < -0.3 is 10.6 Å². The second kappa shape index (κ2) is 5.44. The molecule has 0 saturated heterocycles. The van der Waals surface area contributed by atoms with Crippen LogP contribution in [0.2, 0.25) is 0 Å². The largest absolute Gasteiger partial charge is 0.383 e. The molecule has 0 saturated carbocycles. The van der Waals surface area contributed by atoms with Gasteiger partial charge in [-0.05, 0) is 24.0 Å². The van der Waals surface area contributed by atoms with Crippen LogP contribution in [0.5, 0.6) is 0 Å². The number of nitrogens with zero attached hydrogens (tertiary/aromatic N) is 3. The summed E-state index contributed by atoms with van der Waals surface area (Å²) < 4.78 is 0. The summed E-state index contributed by atoms with van der Waals surface area (Å²) in [5.74, 6) is 0.826. The van der Waals surface area contributed by atoms with Gasteiger partial charge in [-0.3, -0.25) is 4.79 Å². The van der Waals surface area contributed by atoms with E-state index in [1.54, 1.807) is 11.7 Å². The summed E-state index contributed by atoms with van der Waals surface area (Å²) in [4.78, 5) is 23.8. The molecule has 2 N–H and O–H groups in total. The van der Waals surface area contributed by atoms with Gasteiger partial charge in [-0.15, -0.1) is 11.3 Å². The topological polar surface area (TPSA) is 72.1 Å². The lowest BCUT2D eigenvalue weighted by atomic mass is 10.0. The molecule has 0 spiro atoms. The number of carbonyl (C=O) groups excluding carboxylic acids is 1. The maximum absolute atomic E-state index is 12.7. The highest BCUT2D eigenvalue weighted by molar-refractivity contribution is 7.11. The minimum absolute atomic E-state index is 0.0510. The summed E-state index contributed by atoms with van der Waals surface area (Å²) in [5.41, 5.74) is 10.7. The quantitative estimate of drug-likeness (QED) is 0.925. The van der Waals surface area contributed by atoms with Crippen molar-refractivity contribution in [2.75, 3.05) is 12.3 Å². The molecule has 3 heterocycles. The Kier molecular flexibility index (Phi) is 3.63. The van der Waals surface area contributed by atoms with Gasteiger partial charge in [0.15, 0.2) is 0 Å². The molecule has 2 aromatic rings. The van der Waals surface area contributed by atoms with Crippen molar-refractivity contribution in [1.82, 2.24) is 14.9 Å². The van der Waals surface area contributed by atoms with Crippen LogP contribution in [-0.2, 0) is 13.0 Å². The molecule has 0 aromatic carbocycles. The molecule has 5 nitrogen and oxygen atoms in total. The summed E-state index contributed by atoms with van der Waals surface area (Å²) in [7, 11) is 0. The van der Waals surface area contributed by atoms with Crippen LogP contribution in [0.1, 0.15) is 46.3 Å². The van der Waals surface area contributed by atoms with E-state index in [1.807, 2.05) is 11.0 Å². The van der Waals surface area contributed by atoms with Crippen molar-refractivity contribution in [2.24, 2.45) is 0 Å². The number of hydrogen-bond acceptors (Lipinski definition) is 5.